The molecule has 0 unspecified atom stereocenters. The zero-order valence-corrected chi connectivity index (χ0v) is 17.5. The molecule has 2 aromatic carbocycles. The van der Waals surface area contributed by atoms with E-state index in [9.17, 15) is 13.2 Å². The Labute approximate surface area is 171 Å². The van der Waals surface area contributed by atoms with E-state index >= 15 is 0 Å². The van der Waals surface area contributed by atoms with E-state index in [4.69, 9.17) is 14.2 Å². The van der Waals surface area contributed by atoms with Gasteiger partial charge >= 0.3 is 0 Å². The third-order valence-electron chi connectivity index (χ3n) is 3.98. The van der Waals surface area contributed by atoms with Gasteiger partial charge in [-0.3, -0.25) is 4.79 Å². The Bertz CT molecular complexity index is 913. The number of hydrogen-bond donors (Lipinski definition) is 2. The average molecular weight is 423 g/mol. The second kappa shape index (κ2) is 10.7. The summed E-state index contributed by atoms with van der Waals surface area (Å²) in [4.78, 5) is 12.2. The molecule has 8 nitrogen and oxygen atoms in total. The second-order valence-electron chi connectivity index (χ2n) is 6.12. The molecule has 0 aliphatic rings. The van der Waals surface area contributed by atoms with Gasteiger partial charge in [-0.2, -0.15) is 0 Å². The van der Waals surface area contributed by atoms with Crippen LogP contribution >= 0.6 is 0 Å². The quantitative estimate of drug-likeness (QED) is 0.575. The molecule has 0 radical (unpaired) electrons. The van der Waals surface area contributed by atoms with Crippen LogP contribution in [0.25, 0.3) is 0 Å². The van der Waals surface area contributed by atoms with Crippen molar-refractivity contribution in [2.45, 2.75) is 24.8 Å². The van der Waals surface area contributed by atoms with E-state index in [1.807, 2.05) is 13.0 Å². The van der Waals surface area contributed by atoms with Gasteiger partial charge in [0, 0.05) is 13.1 Å². The number of rotatable bonds is 11. The standard InChI is InChI=1S/C20H26N2O6S/c1-4-11-22-29(24,25)17-8-6-16(7-9-17)28-14-20(23)21-13-15-5-10-18(26-2)19(12-15)27-3/h5-10,12,22H,4,11,13-14H2,1-3H3,(H,21,23). The van der Waals surface area contributed by atoms with Crippen molar-refractivity contribution in [2.24, 2.45) is 0 Å². The second-order valence-corrected chi connectivity index (χ2v) is 7.89. The Morgan fingerprint density at radius 2 is 1.69 bits per heavy atom. The molecule has 0 saturated heterocycles. The lowest BCUT2D eigenvalue weighted by atomic mass is 10.2. The minimum atomic E-state index is -3.52. The number of nitrogens with one attached hydrogen (secondary N) is 2. The van der Waals surface area contributed by atoms with Crippen LogP contribution in [0.5, 0.6) is 17.2 Å². The van der Waals surface area contributed by atoms with Crippen molar-refractivity contribution in [3.05, 3.63) is 48.0 Å². The summed E-state index contributed by atoms with van der Waals surface area (Å²) in [5.41, 5.74) is 0.852. The van der Waals surface area contributed by atoms with Gasteiger partial charge in [0.1, 0.15) is 5.75 Å². The molecule has 0 aliphatic heterocycles. The summed E-state index contributed by atoms with van der Waals surface area (Å²) < 4.78 is 42.4. The van der Waals surface area contributed by atoms with Crippen molar-refractivity contribution in [2.75, 3.05) is 27.4 Å². The highest BCUT2D eigenvalue weighted by Gasteiger charge is 2.13. The number of hydrogen-bond acceptors (Lipinski definition) is 6. The highest BCUT2D eigenvalue weighted by molar-refractivity contribution is 7.89. The van der Waals surface area contributed by atoms with Crippen molar-refractivity contribution < 1.29 is 27.4 Å². The lowest BCUT2D eigenvalue weighted by molar-refractivity contribution is -0.123. The zero-order valence-electron chi connectivity index (χ0n) is 16.7. The molecule has 0 heterocycles. The van der Waals surface area contributed by atoms with Crippen LogP contribution in [-0.4, -0.2) is 41.7 Å². The Morgan fingerprint density at radius 1 is 1.00 bits per heavy atom. The Morgan fingerprint density at radius 3 is 2.31 bits per heavy atom. The molecule has 2 rings (SSSR count). The van der Waals surface area contributed by atoms with Crippen molar-refractivity contribution in [3.63, 3.8) is 0 Å². The van der Waals surface area contributed by atoms with E-state index in [1.165, 1.54) is 24.3 Å². The summed E-state index contributed by atoms with van der Waals surface area (Å²) in [5, 5.41) is 2.75. The molecule has 0 spiro atoms. The van der Waals surface area contributed by atoms with Crippen molar-refractivity contribution in [3.8, 4) is 17.2 Å². The first-order valence-electron chi connectivity index (χ1n) is 9.09. The summed E-state index contributed by atoms with van der Waals surface area (Å²) in [5.74, 6) is 1.29. The van der Waals surface area contributed by atoms with Crippen LogP contribution in [-0.2, 0) is 21.4 Å². The van der Waals surface area contributed by atoms with E-state index in [0.717, 1.165) is 5.56 Å². The molecule has 29 heavy (non-hydrogen) atoms. The fourth-order valence-corrected chi connectivity index (χ4v) is 3.56. The van der Waals surface area contributed by atoms with Gasteiger partial charge in [0.05, 0.1) is 19.1 Å². The van der Waals surface area contributed by atoms with Gasteiger partial charge in [0.15, 0.2) is 18.1 Å². The molecule has 0 atom stereocenters. The van der Waals surface area contributed by atoms with Gasteiger partial charge < -0.3 is 19.5 Å². The SMILES string of the molecule is CCCNS(=O)(=O)c1ccc(OCC(=O)NCc2ccc(OC)c(OC)c2)cc1. The molecule has 158 valence electrons. The van der Waals surface area contributed by atoms with Gasteiger partial charge in [-0.1, -0.05) is 13.0 Å². The lowest BCUT2D eigenvalue weighted by Crippen LogP contribution is -2.28. The average Bonchev–Trinajstić information content (AvgIpc) is 2.74. The van der Waals surface area contributed by atoms with E-state index < -0.39 is 10.0 Å². The summed E-state index contributed by atoms with van der Waals surface area (Å²) in [6.45, 7) is 2.38. The number of ether oxygens (including phenoxy) is 3. The molecule has 9 heteroatoms. The van der Waals surface area contributed by atoms with Gasteiger partial charge in [-0.25, -0.2) is 13.1 Å². The molecular formula is C20H26N2O6S. The molecule has 0 aromatic heterocycles. The van der Waals surface area contributed by atoms with Crippen molar-refractivity contribution >= 4 is 15.9 Å². The molecule has 2 aromatic rings. The number of carbonyl (C=O) groups excluding carboxylic acids is 1. The van der Waals surface area contributed by atoms with Gasteiger partial charge in [-0.05, 0) is 48.4 Å². The topological polar surface area (TPSA) is 103 Å². The van der Waals surface area contributed by atoms with Gasteiger partial charge in [-0.15, -0.1) is 0 Å². The monoisotopic (exact) mass is 422 g/mol. The Hall–Kier alpha value is -2.78. The van der Waals surface area contributed by atoms with E-state index in [2.05, 4.69) is 10.0 Å². The highest BCUT2D eigenvalue weighted by Crippen LogP contribution is 2.27. The van der Waals surface area contributed by atoms with Crippen LogP contribution < -0.4 is 24.2 Å². The predicted molar refractivity (Wildman–Crippen MR) is 109 cm³/mol. The van der Waals surface area contributed by atoms with Crippen LogP contribution in [0, 0.1) is 0 Å². The minimum Gasteiger partial charge on any atom is -0.493 e. The van der Waals surface area contributed by atoms with Crippen molar-refractivity contribution in [1.29, 1.82) is 0 Å². The molecule has 2 N–H and O–H groups in total. The number of methoxy groups -OCH3 is 2. The minimum absolute atomic E-state index is 0.149. The van der Waals surface area contributed by atoms with Gasteiger partial charge in [0.2, 0.25) is 10.0 Å². The van der Waals surface area contributed by atoms with E-state index in [1.54, 1.807) is 26.4 Å². The number of carbonyl (C=O) groups is 1. The van der Waals surface area contributed by atoms with Crippen LogP contribution in [0.4, 0.5) is 0 Å². The molecule has 0 bridgehead atoms. The number of amides is 1. The highest BCUT2D eigenvalue weighted by atomic mass is 32.2. The van der Waals surface area contributed by atoms with Crippen LogP contribution in [0.1, 0.15) is 18.9 Å². The summed E-state index contributed by atoms with van der Waals surface area (Å²) in [7, 11) is -0.423. The van der Waals surface area contributed by atoms with Crippen LogP contribution in [0.3, 0.4) is 0 Å². The Balaban J connectivity index is 1.85. The smallest absolute Gasteiger partial charge is 0.258 e. The third-order valence-corrected chi connectivity index (χ3v) is 5.46. The lowest BCUT2D eigenvalue weighted by Gasteiger charge is -2.11. The normalized spacial score (nSPS) is 11.0. The summed E-state index contributed by atoms with van der Waals surface area (Å²) in [6.07, 6.45) is 0.707. The maximum atomic E-state index is 12.0. The van der Waals surface area contributed by atoms with E-state index in [0.29, 0.717) is 36.8 Å². The third kappa shape index (κ3) is 6.65. The first-order valence-corrected chi connectivity index (χ1v) is 10.6. The van der Waals surface area contributed by atoms with E-state index in [-0.39, 0.29) is 17.4 Å². The van der Waals surface area contributed by atoms with Crippen LogP contribution in [0.15, 0.2) is 47.4 Å². The molecule has 0 aliphatic carbocycles. The first-order chi connectivity index (χ1) is 13.9. The van der Waals surface area contributed by atoms with Crippen molar-refractivity contribution in [1.82, 2.24) is 10.0 Å². The predicted octanol–water partition coefficient (Wildman–Crippen LogP) is 2.09. The maximum absolute atomic E-state index is 12.0. The maximum Gasteiger partial charge on any atom is 0.258 e. The molecule has 0 fully saturated rings. The zero-order chi connectivity index (χ0) is 21.3. The van der Waals surface area contributed by atoms with Gasteiger partial charge in [0.25, 0.3) is 5.91 Å². The molecule has 0 saturated carbocycles. The summed E-state index contributed by atoms with van der Waals surface area (Å²) >= 11 is 0. The molecule has 1 amide bonds. The fraction of sp³-hybridized carbons (Fsp3) is 0.350. The number of benzene rings is 2. The number of sulfonamides is 1. The fourth-order valence-electron chi connectivity index (χ4n) is 2.43. The largest absolute Gasteiger partial charge is 0.493 e. The molecular weight excluding hydrogens is 396 g/mol. The Kier molecular flexibility index (Phi) is 8.29. The van der Waals surface area contributed by atoms with Crippen LogP contribution in [0.2, 0.25) is 0 Å². The first kappa shape index (κ1) is 22.5. The summed E-state index contributed by atoms with van der Waals surface area (Å²) in [6, 6.07) is 11.3.